The maximum Gasteiger partial charge on any atom is 0.408 e. The van der Waals surface area contributed by atoms with Crippen LogP contribution in [0.2, 0.25) is 0 Å². The van der Waals surface area contributed by atoms with E-state index in [4.69, 9.17) is 5.73 Å². The van der Waals surface area contributed by atoms with E-state index in [9.17, 15) is 9.90 Å². The largest absolute Gasteiger partial charge is 0.465 e. The minimum Gasteiger partial charge on any atom is -0.465 e. The molecule has 4 heteroatoms. The first-order valence-corrected chi connectivity index (χ1v) is 6.99. The summed E-state index contributed by atoms with van der Waals surface area (Å²) in [6.45, 7) is 9.61. The van der Waals surface area contributed by atoms with Gasteiger partial charge in [-0.15, -0.1) is 0 Å². The minimum absolute atomic E-state index is 0.0961. The Balaban J connectivity index is 3.06. The molecule has 0 aliphatic heterocycles. The highest BCUT2D eigenvalue weighted by Gasteiger charge is 2.31. The Labute approximate surface area is 121 Å². The number of hydrogen-bond acceptors (Lipinski definition) is 2. The van der Waals surface area contributed by atoms with E-state index in [0.717, 1.165) is 17.5 Å². The standard InChI is InChI=1S/C16H26N2O2/c1-11(17)9-13-7-6-8-14(10-13)12(2)18(15(19)20)16(3,4)5/h6-8,10-12H,9,17H2,1-5H3,(H,19,20)/t11-,12-/m0/s1. The van der Waals surface area contributed by atoms with Gasteiger partial charge in [0.15, 0.2) is 0 Å². The summed E-state index contributed by atoms with van der Waals surface area (Å²) in [6, 6.07) is 7.92. The molecule has 1 aromatic rings. The highest BCUT2D eigenvalue weighted by atomic mass is 16.4. The molecule has 1 rings (SSSR count). The smallest absolute Gasteiger partial charge is 0.408 e. The fourth-order valence-corrected chi connectivity index (χ4v) is 2.53. The van der Waals surface area contributed by atoms with Gasteiger partial charge in [-0.05, 0) is 52.2 Å². The number of rotatable bonds is 4. The van der Waals surface area contributed by atoms with Crippen molar-refractivity contribution in [2.75, 3.05) is 0 Å². The van der Waals surface area contributed by atoms with Crippen molar-refractivity contribution >= 4 is 6.09 Å². The van der Waals surface area contributed by atoms with Crippen molar-refractivity contribution in [3.63, 3.8) is 0 Å². The Hall–Kier alpha value is -1.55. The van der Waals surface area contributed by atoms with E-state index in [1.165, 1.54) is 4.90 Å². The summed E-state index contributed by atoms with van der Waals surface area (Å²) in [6.07, 6.45) is -0.106. The van der Waals surface area contributed by atoms with Crippen molar-refractivity contribution in [3.05, 3.63) is 35.4 Å². The molecule has 0 bridgehead atoms. The van der Waals surface area contributed by atoms with E-state index in [2.05, 4.69) is 6.07 Å². The van der Waals surface area contributed by atoms with Crippen molar-refractivity contribution in [2.24, 2.45) is 5.73 Å². The SMILES string of the molecule is C[C@H](N)Cc1cccc([C@H](C)N(C(=O)O)C(C)(C)C)c1. The second-order valence-corrected chi connectivity index (χ2v) is 6.43. The summed E-state index contributed by atoms with van der Waals surface area (Å²) in [7, 11) is 0. The maximum absolute atomic E-state index is 11.5. The van der Waals surface area contributed by atoms with Gasteiger partial charge in [0, 0.05) is 11.6 Å². The number of carbonyl (C=O) groups is 1. The van der Waals surface area contributed by atoms with Crippen molar-refractivity contribution < 1.29 is 9.90 Å². The lowest BCUT2D eigenvalue weighted by molar-refractivity contribution is 0.0753. The van der Waals surface area contributed by atoms with E-state index < -0.39 is 11.6 Å². The molecule has 0 heterocycles. The van der Waals surface area contributed by atoms with Crippen LogP contribution in [0.25, 0.3) is 0 Å². The summed E-state index contributed by atoms with van der Waals surface area (Å²) in [4.78, 5) is 13.0. The number of carboxylic acid groups (broad SMARTS) is 1. The fourth-order valence-electron chi connectivity index (χ4n) is 2.53. The second-order valence-electron chi connectivity index (χ2n) is 6.43. The molecule has 1 amide bonds. The lowest BCUT2D eigenvalue weighted by atomic mass is 9.97. The molecule has 0 fully saturated rings. The van der Waals surface area contributed by atoms with E-state index in [-0.39, 0.29) is 12.1 Å². The molecule has 0 unspecified atom stereocenters. The monoisotopic (exact) mass is 278 g/mol. The molecule has 0 spiro atoms. The maximum atomic E-state index is 11.5. The van der Waals surface area contributed by atoms with Crippen LogP contribution in [-0.4, -0.2) is 27.7 Å². The molecular formula is C16H26N2O2. The zero-order chi connectivity index (χ0) is 15.5. The van der Waals surface area contributed by atoms with Gasteiger partial charge in [-0.1, -0.05) is 24.3 Å². The van der Waals surface area contributed by atoms with Gasteiger partial charge >= 0.3 is 6.09 Å². The van der Waals surface area contributed by atoms with Crippen LogP contribution in [0.3, 0.4) is 0 Å². The number of amides is 1. The third-order valence-corrected chi connectivity index (χ3v) is 3.31. The summed E-state index contributed by atoms with van der Waals surface area (Å²) >= 11 is 0. The van der Waals surface area contributed by atoms with Crippen molar-refractivity contribution in [1.82, 2.24) is 4.90 Å². The molecule has 2 atom stereocenters. The molecule has 20 heavy (non-hydrogen) atoms. The summed E-state index contributed by atoms with van der Waals surface area (Å²) < 4.78 is 0. The first kappa shape index (κ1) is 16.5. The molecule has 1 aromatic carbocycles. The van der Waals surface area contributed by atoms with Gasteiger partial charge in [0.25, 0.3) is 0 Å². The van der Waals surface area contributed by atoms with Crippen LogP contribution >= 0.6 is 0 Å². The molecule has 112 valence electrons. The van der Waals surface area contributed by atoms with Gasteiger partial charge in [-0.25, -0.2) is 4.79 Å². The Kier molecular flexibility index (Phi) is 5.17. The predicted octanol–water partition coefficient (Wildman–Crippen LogP) is 3.42. The number of nitrogens with two attached hydrogens (primary N) is 1. The molecule has 0 aromatic heterocycles. The van der Waals surface area contributed by atoms with Gasteiger partial charge in [0.2, 0.25) is 0 Å². The summed E-state index contributed by atoms with van der Waals surface area (Å²) in [5.74, 6) is 0. The van der Waals surface area contributed by atoms with Crippen molar-refractivity contribution in [2.45, 2.75) is 58.7 Å². The third kappa shape index (κ3) is 4.23. The normalized spacial score (nSPS) is 14.7. The van der Waals surface area contributed by atoms with Crippen LogP contribution in [0.1, 0.15) is 51.8 Å². The topological polar surface area (TPSA) is 66.6 Å². The molecule has 0 aliphatic rings. The van der Waals surface area contributed by atoms with E-state index in [1.807, 2.05) is 52.8 Å². The molecular weight excluding hydrogens is 252 g/mol. The van der Waals surface area contributed by atoms with Gasteiger partial charge in [0.1, 0.15) is 0 Å². The predicted molar refractivity (Wildman–Crippen MR) is 81.8 cm³/mol. The minimum atomic E-state index is -0.900. The van der Waals surface area contributed by atoms with Crippen LogP contribution < -0.4 is 5.73 Å². The first-order valence-electron chi connectivity index (χ1n) is 6.99. The highest BCUT2D eigenvalue weighted by molar-refractivity contribution is 5.66. The van der Waals surface area contributed by atoms with Crippen LogP contribution in [0, 0.1) is 0 Å². The molecule has 0 saturated heterocycles. The highest BCUT2D eigenvalue weighted by Crippen LogP contribution is 2.28. The van der Waals surface area contributed by atoms with Gasteiger partial charge < -0.3 is 10.8 Å². The van der Waals surface area contributed by atoms with Crippen LogP contribution in [-0.2, 0) is 6.42 Å². The van der Waals surface area contributed by atoms with Gasteiger partial charge in [-0.3, -0.25) is 4.90 Å². The number of hydrogen-bond donors (Lipinski definition) is 2. The Morgan fingerprint density at radius 2 is 1.95 bits per heavy atom. The Bertz CT molecular complexity index is 464. The Morgan fingerprint density at radius 1 is 1.35 bits per heavy atom. The molecule has 0 aliphatic carbocycles. The second kappa shape index (κ2) is 6.27. The lowest BCUT2D eigenvalue weighted by Crippen LogP contribution is -2.46. The fraction of sp³-hybridized carbons (Fsp3) is 0.562. The zero-order valence-corrected chi connectivity index (χ0v) is 13.1. The van der Waals surface area contributed by atoms with E-state index in [1.54, 1.807) is 0 Å². The van der Waals surface area contributed by atoms with Crippen LogP contribution in [0.5, 0.6) is 0 Å². The molecule has 0 saturated carbocycles. The van der Waals surface area contributed by atoms with Gasteiger partial charge in [-0.2, -0.15) is 0 Å². The first-order chi connectivity index (χ1) is 9.12. The Morgan fingerprint density at radius 3 is 2.40 bits per heavy atom. The molecule has 0 radical (unpaired) electrons. The van der Waals surface area contributed by atoms with Gasteiger partial charge in [0.05, 0.1) is 6.04 Å². The van der Waals surface area contributed by atoms with Crippen LogP contribution in [0.15, 0.2) is 24.3 Å². The summed E-state index contributed by atoms with van der Waals surface area (Å²) in [5.41, 5.74) is 7.52. The molecule has 3 N–H and O–H groups in total. The molecule has 4 nitrogen and oxygen atoms in total. The average Bonchev–Trinajstić information content (AvgIpc) is 2.25. The van der Waals surface area contributed by atoms with E-state index >= 15 is 0 Å². The van der Waals surface area contributed by atoms with Crippen LogP contribution in [0.4, 0.5) is 4.79 Å². The quantitative estimate of drug-likeness (QED) is 0.887. The van der Waals surface area contributed by atoms with Crippen molar-refractivity contribution in [1.29, 1.82) is 0 Å². The third-order valence-electron chi connectivity index (χ3n) is 3.31. The van der Waals surface area contributed by atoms with E-state index in [0.29, 0.717) is 0 Å². The zero-order valence-electron chi connectivity index (χ0n) is 13.1. The number of nitrogens with zero attached hydrogens (tertiary/aromatic N) is 1. The number of benzene rings is 1. The summed E-state index contributed by atoms with van der Waals surface area (Å²) in [5, 5.41) is 9.46. The lowest BCUT2D eigenvalue weighted by Gasteiger charge is -2.38. The average molecular weight is 278 g/mol. The van der Waals surface area contributed by atoms with Crippen molar-refractivity contribution in [3.8, 4) is 0 Å².